The van der Waals surface area contributed by atoms with Crippen molar-refractivity contribution in [3.63, 3.8) is 0 Å². The van der Waals surface area contributed by atoms with E-state index in [4.69, 9.17) is 4.74 Å². The molecule has 2 aliphatic heterocycles. The molecule has 7 nitrogen and oxygen atoms in total. The molecule has 5 heterocycles. The Balaban J connectivity index is 1.30. The second kappa shape index (κ2) is 7.83. The lowest BCUT2D eigenvalue weighted by Gasteiger charge is -2.47. The van der Waals surface area contributed by atoms with Gasteiger partial charge in [0.05, 0.1) is 36.5 Å². The normalized spacial score (nSPS) is 24.3. The molecule has 0 unspecified atom stereocenters. The van der Waals surface area contributed by atoms with Gasteiger partial charge in [-0.1, -0.05) is 12.1 Å². The number of hydrogen-bond donors (Lipinski definition) is 0. The summed E-state index contributed by atoms with van der Waals surface area (Å²) in [5, 5.41) is 8.65. The largest absolute Gasteiger partial charge is 0.370 e. The molecule has 0 bridgehead atoms. The number of ether oxygens (including phenoxy) is 1. The first-order chi connectivity index (χ1) is 14.6. The Labute approximate surface area is 181 Å². The molecule has 3 aromatic heterocycles. The van der Waals surface area contributed by atoms with E-state index in [0.717, 1.165) is 62.6 Å². The number of piperidine rings is 1. The monoisotopic (exact) mass is 424 g/mol. The third-order valence-corrected chi connectivity index (χ3v) is 7.74. The quantitative estimate of drug-likeness (QED) is 0.639. The van der Waals surface area contributed by atoms with E-state index in [1.165, 1.54) is 10.4 Å². The summed E-state index contributed by atoms with van der Waals surface area (Å²) in [6, 6.07) is 2.83. The maximum Gasteiger partial charge on any atom is 0.125 e. The average molecular weight is 425 g/mol. The van der Waals surface area contributed by atoms with Gasteiger partial charge < -0.3 is 4.74 Å². The van der Waals surface area contributed by atoms with E-state index in [0.29, 0.717) is 6.04 Å². The van der Waals surface area contributed by atoms with Gasteiger partial charge in [-0.3, -0.25) is 4.90 Å². The fourth-order valence-electron chi connectivity index (χ4n) is 4.72. The summed E-state index contributed by atoms with van der Waals surface area (Å²) in [7, 11) is 0. The van der Waals surface area contributed by atoms with Crippen LogP contribution in [0.1, 0.15) is 53.5 Å². The lowest BCUT2D eigenvalue weighted by atomic mass is 9.79. The molecule has 0 radical (unpaired) electrons. The van der Waals surface area contributed by atoms with E-state index in [-0.39, 0.29) is 5.60 Å². The van der Waals surface area contributed by atoms with Gasteiger partial charge in [-0.05, 0) is 44.7 Å². The highest BCUT2D eigenvalue weighted by molar-refractivity contribution is 7.12. The topological polar surface area (TPSA) is 69.0 Å². The van der Waals surface area contributed by atoms with E-state index in [2.05, 4.69) is 45.1 Å². The highest BCUT2D eigenvalue weighted by Gasteiger charge is 2.44. The molecule has 30 heavy (non-hydrogen) atoms. The molecule has 0 aromatic carbocycles. The summed E-state index contributed by atoms with van der Waals surface area (Å²) in [5.74, 6) is 0.750. The minimum atomic E-state index is -0.107. The molecular formula is C22H28N6OS. The number of likely N-dealkylation sites (tertiary alicyclic amines) is 1. The molecule has 0 amide bonds. The molecule has 2 aliphatic rings. The summed E-state index contributed by atoms with van der Waals surface area (Å²) < 4.78 is 8.21. The number of thiophene rings is 1. The fourth-order valence-corrected chi connectivity index (χ4v) is 5.90. The summed E-state index contributed by atoms with van der Waals surface area (Å²) >= 11 is 1.98. The van der Waals surface area contributed by atoms with E-state index < -0.39 is 0 Å². The van der Waals surface area contributed by atoms with Crippen molar-refractivity contribution in [1.82, 2.24) is 29.9 Å². The number of hydrogen-bond acceptors (Lipinski definition) is 7. The van der Waals surface area contributed by atoms with Gasteiger partial charge in [0.1, 0.15) is 11.5 Å². The molecule has 1 fully saturated rings. The summed E-state index contributed by atoms with van der Waals surface area (Å²) in [5.41, 5.74) is 3.15. The van der Waals surface area contributed by atoms with Crippen LogP contribution in [0.25, 0.3) is 5.69 Å². The maximum atomic E-state index is 6.47. The number of nitrogens with zero attached hydrogens (tertiary/aromatic N) is 6. The molecule has 0 N–H and O–H groups in total. The Morgan fingerprint density at radius 3 is 2.90 bits per heavy atom. The van der Waals surface area contributed by atoms with Crippen molar-refractivity contribution in [1.29, 1.82) is 0 Å². The van der Waals surface area contributed by atoms with Crippen LogP contribution < -0.4 is 0 Å². The highest BCUT2D eigenvalue weighted by atomic mass is 32.1. The van der Waals surface area contributed by atoms with Gasteiger partial charge in [0, 0.05) is 35.3 Å². The molecule has 5 rings (SSSR count). The fraction of sp³-hybridized carbons (Fsp3) is 0.545. The van der Waals surface area contributed by atoms with E-state index in [1.54, 1.807) is 22.0 Å². The lowest BCUT2D eigenvalue weighted by Crippen LogP contribution is -2.50. The van der Waals surface area contributed by atoms with E-state index in [1.807, 2.05) is 24.5 Å². The standard InChI is InChI=1S/C22H28N6OS/c1-4-19-9-20-21(30-19)5-8-29-22(20)6-7-27(15(2)10-22)13-17-14-28(26-25-17)18-11-23-16(3)24-12-18/h9,11-12,14-15H,4-8,10,13H2,1-3H3/t15-,22+/m0/s1. The Morgan fingerprint density at radius 2 is 2.13 bits per heavy atom. The van der Waals surface area contributed by atoms with Crippen LogP contribution in [0.3, 0.4) is 0 Å². The van der Waals surface area contributed by atoms with Crippen molar-refractivity contribution >= 4 is 11.3 Å². The van der Waals surface area contributed by atoms with Gasteiger partial charge in [0.2, 0.25) is 0 Å². The van der Waals surface area contributed by atoms with Gasteiger partial charge >= 0.3 is 0 Å². The van der Waals surface area contributed by atoms with Crippen LogP contribution in [0.15, 0.2) is 24.7 Å². The van der Waals surface area contributed by atoms with Crippen LogP contribution in [0.4, 0.5) is 0 Å². The zero-order chi connectivity index (χ0) is 20.7. The molecule has 0 aliphatic carbocycles. The first-order valence-corrected chi connectivity index (χ1v) is 11.6. The minimum Gasteiger partial charge on any atom is -0.370 e. The van der Waals surface area contributed by atoms with Gasteiger partial charge in [-0.2, -0.15) is 0 Å². The lowest BCUT2D eigenvalue weighted by molar-refractivity contribution is -0.112. The Hall–Kier alpha value is -2.16. The van der Waals surface area contributed by atoms with Gasteiger partial charge in [-0.25, -0.2) is 14.6 Å². The zero-order valence-corrected chi connectivity index (χ0v) is 18.7. The summed E-state index contributed by atoms with van der Waals surface area (Å²) in [6.45, 7) is 9.06. The first-order valence-electron chi connectivity index (χ1n) is 10.8. The van der Waals surface area contributed by atoms with Crippen LogP contribution in [0.2, 0.25) is 0 Å². The van der Waals surface area contributed by atoms with Crippen molar-refractivity contribution < 1.29 is 4.74 Å². The van der Waals surface area contributed by atoms with E-state index >= 15 is 0 Å². The van der Waals surface area contributed by atoms with Crippen LogP contribution >= 0.6 is 11.3 Å². The van der Waals surface area contributed by atoms with Crippen LogP contribution in [-0.2, 0) is 29.7 Å². The highest BCUT2D eigenvalue weighted by Crippen LogP contribution is 2.46. The second-order valence-corrected chi connectivity index (χ2v) is 9.63. The van der Waals surface area contributed by atoms with E-state index in [9.17, 15) is 0 Å². The van der Waals surface area contributed by atoms with Gasteiger partial charge in [0.15, 0.2) is 0 Å². The molecule has 2 atom stereocenters. The summed E-state index contributed by atoms with van der Waals surface area (Å²) in [6.07, 6.45) is 9.76. The van der Waals surface area contributed by atoms with Crippen molar-refractivity contribution in [2.24, 2.45) is 0 Å². The minimum absolute atomic E-state index is 0.107. The Kier molecular flexibility index (Phi) is 5.16. The van der Waals surface area contributed by atoms with Crippen LogP contribution in [-0.4, -0.2) is 49.1 Å². The number of rotatable bonds is 4. The van der Waals surface area contributed by atoms with Crippen molar-refractivity contribution in [2.75, 3.05) is 13.2 Å². The first kappa shape index (κ1) is 19.8. The Bertz CT molecular complexity index is 1030. The molecule has 1 spiro atoms. The maximum absolute atomic E-state index is 6.47. The Morgan fingerprint density at radius 1 is 1.30 bits per heavy atom. The third-order valence-electron chi connectivity index (χ3n) is 6.40. The second-order valence-electron chi connectivity index (χ2n) is 8.41. The summed E-state index contributed by atoms with van der Waals surface area (Å²) in [4.78, 5) is 14.0. The predicted octanol–water partition coefficient (Wildman–Crippen LogP) is 3.44. The van der Waals surface area contributed by atoms with Crippen molar-refractivity contribution in [2.45, 2.75) is 64.6 Å². The van der Waals surface area contributed by atoms with Crippen molar-refractivity contribution in [3.05, 3.63) is 51.5 Å². The molecule has 1 saturated heterocycles. The number of aryl methyl sites for hydroxylation is 2. The molecule has 8 heteroatoms. The number of aromatic nitrogens is 5. The molecule has 3 aromatic rings. The third kappa shape index (κ3) is 3.57. The van der Waals surface area contributed by atoms with Crippen molar-refractivity contribution in [3.8, 4) is 5.69 Å². The average Bonchev–Trinajstić information content (AvgIpc) is 3.39. The molecule has 0 saturated carbocycles. The SMILES string of the molecule is CCc1cc2c(s1)CCO[C@@]21CCN(Cc2cn(-c3cnc(C)nc3)nn2)[C@@H](C)C1. The van der Waals surface area contributed by atoms with Crippen LogP contribution in [0.5, 0.6) is 0 Å². The smallest absolute Gasteiger partial charge is 0.125 e. The van der Waals surface area contributed by atoms with Crippen LogP contribution in [0, 0.1) is 6.92 Å². The van der Waals surface area contributed by atoms with Gasteiger partial charge in [-0.15, -0.1) is 16.4 Å². The van der Waals surface area contributed by atoms with Gasteiger partial charge in [0.25, 0.3) is 0 Å². The molecular weight excluding hydrogens is 396 g/mol. The number of fused-ring (bicyclic) bond motifs is 2. The zero-order valence-electron chi connectivity index (χ0n) is 17.8. The predicted molar refractivity (Wildman–Crippen MR) is 116 cm³/mol. The molecule has 158 valence electrons.